The molecule has 0 amide bonds. The minimum atomic E-state index is -3.35. The quantitative estimate of drug-likeness (QED) is 0.677. The molecule has 0 aliphatic rings. The summed E-state index contributed by atoms with van der Waals surface area (Å²) in [5.74, 6) is 0.0260. The van der Waals surface area contributed by atoms with E-state index >= 15 is 0 Å². The van der Waals surface area contributed by atoms with Gasteiger partial charge in [0.25, 0.3) is 0 Å². The van der Waals surface area contributed by atoms with Crippen LogP contribution in [-0.4, -0.2) is 39.7 Å². The SMILES string of the molecule is CN(C)CC(C)(C)CS(N)(=O)=O. The molecule has 0 aliphatic heterocycles. The second-order valence-electron chi connectivity index (χ2n) is 4.21. The monoisotopic (exact) mass is 194 g/mol. The molecule has 0 aromatic carbocycles. The van der Waals surface area contributed by atoms with Gasteiger partial charge in [0, 0.05) is 6.54 Å². The molecule has 0 aliphatic carbocycles. The van der Waals surface area contributed by atoms with E-state index in [-0.39, 0.29) is 11.2 Å². The Labute approximate surface area is 74.8 Å². The molecular weight excluding hydrogens is 176 g/mol. The van der Waals surface area contributed by atoms with Crippen molar-refractivity contribution in [2.75, 3.05) is 26.4 Å². The van der Waals surface area contributed by atoms with Crippen LogP contribution >= 0.6 is 0 Å². The van der Waals surface area contributed by atoms with Crippen molar-refractivity contribution in [2.24, 2.45) is 10.6 Å². The van der Waals surface area contributed by atoms with Crippen molar-refractivity contribution in [1.82, 2.24) is 4.90 Å². The van der Waals surface area contributed by atoms with E-state index in [4.69, 9.17) is 5.14 Å². The molecule has 74 valence electrons. The van der Waals surface area contributed by atoms with Gasteiger partial charge in [0.1, 0.15) is 0 Å². The maximum Gasteiger partial charge on any atom is 0.209 e. The summed E-state index contributed by atoms with van der Waals surface area (Å²) < 4.78 is 21.6. The molecule has 0 fully saturated rings. The highest BCUT2D eigenvalue weighted by molar-refractivity contribution is 7.89. The Kier molecular flexibility index (Phi) is 3.68. The Balaban J connectivity index is 4.23. The zero-order valence-electron chi connectivity index (χ0n) is 8.16. The minimum Gasteiger partial charge on any atom is -0.309 e. The van der Waals surface area contributed by atoms with E-state index < -0.39 is 10.0 Å². The van der Waals surface area contributed by atoms with Crippen molar-refractivity contribution in [3.05, 3.63) is 0 Å². The van der Waals surface area contributed by atoms with E-state index in [0.717, 1.165) is 0 Å². The molecule has 0 spiro atoms. The third-order valence-electron chi connectivity index (χ3n) is 1.34. The second kappa shape index (κ2) is 3.72. The lowest BCUT2D eigenvalue weighted by atomic mass is 9.96. The Morgan fingerprint density at radius 1 is 1.33 bits per heavy atom. The first-order valence-electron chi connectivity index (χ1n) is 3.78. The lowest BCUT2D eigenvalue weighted by Crippen LogP contribution is -2.36. The van der Waals surface area contributed by atoms with Gasteiger partial charge in [0.05, 0.1) is 5.75 Å². The summed E-state index contributed by atoms with van der Waals surface area (Å²) in [6.45, 7) is 4.48. The van der Waals surface area contributed by atoms with Crippen LogP contribution in [0.2, 0.25) is 0 Å². The van der Waals surface area contributed by atoms with Gasteiger partial charge >= 0.3 is 0 Å². The maximum absolute atomic E-state index is 10.8. The van der Waals surface area contributed by atoms with Crippen molar-refractivity contribution in [2.45, 2.75) is 13.8 Å². The van der Waals surface area contributed by atoms with Crippen LogP contribution in [0.1, 0.15) is 13.8 Å². The topological polar surface area (TPSA) is 63.4 Å². The molecular formula is C7H18N2O2S. The summed E-state index contributed by atoms with van der Waals surface area (Å²) in [5.41, 5.74) is -0.281. The van der Waals surface area contributed by atoms with Crippen LogP contribution in [0.25, 0.3) is 0 Å². The zero-order valence-corrected chi connectivity index (χ0v) is 8.98. The second-order valence-corrected chi connectivity index (χ2v) is 5.82. The number of nitrogens with two attached hydrogens (primary N) is 1. The van der Waals surface area contributed by atoms with Crippen molar-refractivity contribution in [3.63, 3.8) is 0 Å². The van der Waals surface area contributed by atoms with Crippen molar-refractivity contribution in [3.8, 4) is 0 Å². The van der Waals surface area contributed by atoms with Crippen LogP contribution in [0.5, 0.6) is 0 Å². The lowest BCUT2D eigenvalue weighted by molar-refractivity contribution is 0.265. The fraction of sp³-hybridized carbons (Fsp3) is 1.00. The molecule has 0 atom stereocenters. The number of hydrogen-bond acceptors (Lipinski definition) is 3. The van der Waals surface area contributed by atoms with E-state index in [1.165, 1.54) is 0 Å². The zero-order chi connectivity index (χ0) is 9.99. The largest absolute Gasteiger partial charge is 0.309 e. The number of nitrogens with zero attached hydrogens (tertiary/aromatic N) is 1. The molecule has 0 saturated heterocycles. The Morgan fingerprint density at radius 3 is 2.00 bits per heavy atom. The van der Waals surface area contributed by atoms with Gasteiger partial charge in [-0.2, -0.15) is 0 Å². The van der Waals surface area contributed by atoms with Gasteiger partial charge in [0.2, 0.25) is 10.0 Å². The Morgan fingerprint density at radius 2 is 1.75 bits per heavy atom. The third-order valence-corrected chi connectivity index (χ3v) is 2.52. The highest BCUT2D eigenvalue weighted by Gasteiger charge is 2.24. The molecule has 12 heavy (non-hydrogen) atoms. The fourth-order valence-corrected chi connectivity index (χ4v) is 2.63. The molecule has 0 heterocycles. The van der Waals surface area contributed by atoms with E-state index in [1.807, 2.05) is 32.8 Å². The van der Waals surface area contributed by atoms with Gasteiger partial charge in [-0.25, -0.2) is 13.6 Å². The predicted molar refractivity (Wildman–Crippen MR) is 50.3 cm³/mol. The first-order chi connectivity index (χ1) is 5.12. The van der Waals surface area contributed by atoms with Crippen LogP contribution in [0.4, 0.5) is 0 Å². The molecule has 0 aromatic rings. The number of rotatable bonds is 4. The average Bonchev–Trinajstić information content (AvgIpc) is 1.48. The summed E-state index contributed by atoms with van der Waals surface area (Å²) >= 11 is 0. The first kappa shape index (κ1) is 11.9. The van der Waals surface area contributed by atoms with Crippen LogP contribution in [-0.2, 0) is 10.0 Å². The molecule has 0 bridgehead atoms. The normalized spacial score (nSPS) is 13.8. The molecule has 0 rings (SSSR count). The molecule has 5 heteroatoms. The minimum absolute atomic E-state index is 0.0260. The van der Waals surface area contributed by atoms with Crippen molar-refractivity contribution in [1.29, 1.82) is 0 Å². The van der Waals surface area contributed by atoms with Gasteiger partial charge in [-0.1, -0.05) is 13.8 Å². The summed E-state index contributed by atoms with van der Waals surface area (Å²) in [6.07, 6.45) is 0. The molecule has 0 aromatic heterocycles. The molecule has 2 N–H and O–H groups in total. The smallest absolute Gasteiger partial charge is 0.209 e. The summed E-state index contributed by atoms with van der Waals surface area (Å²) in [7, 11) is 0.461. The predicted octanol–water partition coefficient (Wildman–Crippen LogP) is -0.137. The van der Waals surface area contributed by atoms with E-state index in [0.29, 0.717) is 6.54 Å². The summed E-state index contributed by atoms with van der Waals surface area (Å²) in [4.78, 5) is 1.95. The lowest BCUT2D eigenvalue weighted by Gasteiger charge is -2.26. The summed E-state index contributed by atoms with van der Waals surface area (Å²) in [6, 6.07) is 0. The molecule has 0 radical (unpaired) electrons. The summed E-state index contributed by atoms with van der Waals surface area (Å²) in [5, 5.41) is 4.95. The van der Waals surface area contributed by atoms with Gasteiger partial charge in [-0.3, -0.25) is 0 Å². The van der Waals surface area contributed by atoms with E-state index in [9.17, 15) is 8.42 Å². The first-order valence-corrected chi connectivity index (χ1v) is 5.49. The van der Waals surface area contributed by atoms with Gasteiger partial charge in [-0.15, -0.1) is 0 Å². The molecule has 4 nitrogen and oxygen atoms in total. The van der Waals surface area contributed by atoms with Gasteiger partial charge in [-0.05, 0) is 19.5 Å². The van der Waals surface area contributed by atoms with Gasteiger partial charge < -0.3 is 4.90 Å². The highest BCUT2D eigenvalue weighted by Crippen LogP contribution is 2.17. The van der Waals surface area contributed by atoms with Crippen molar-refractivity contribution < 1.29 is 8.42 Å². The third kappa shape index (κ3) is 6.57. The van der Waals surface area contributed by atoms with Crippen molar-refractivity contribution >= 4 is 10.0 Å². The number of primary sulfonamides is 1. The standard InChI is InChI=1S/C7H18N2O2S/c1-7(2,5-9(3)4)6-12(8,10)11/h5-6H2,1-4H3,(H2,8,10,11). The number of sulfonamides is 1. The highest BCUT2D eigenvalue weighted by atomic mass is 32.2. The van der Waals surface area contributed by atoms with Crippen LogP contribution < -0.4 is 5.14 Å². The molecule has 0 unspecified atom stereocenters. The maximum atomic E-state index is 10.8. The van der Waals surface area contributed by atoms with Crippen LogP contribution in [0.15, 0.2) is 0 Å². The average molecular weight is 194 g/mol. The van der Waals surface area contributed by atoms with Crippen LogP contribution in [0, 0.1) is 5.41 Å². The fourth-order valence-electron chi connectivity index (χ4n) is 1.45. The number of hydrogen-bond donors (Lipinski definition) is 1. The Hall–Kier alpha value is -0.130. The molecule has 0 saturated carbocycles. The van der Waals surface area contributed by atoms with E-state index in [2.05, 4.69) is 0 Å². The Bertz CT molecular complexity index is 232. The van der Waals surface area contributed by atoms with Gasteiger partial charge in [0.15, 0.2) is 0 Å². The van der Waals surface area contributed by atoms with E-state index in [1.54, 1.807) is 0 Å². The van der Waals surface area contributed by atoms with Crippen LogP contribution in [0.3, 0.4) is 0 Å².